The molecule has 0 aliphatic carbocycles. The predicted octanol–water partition coefficient (Wildman–Crippen LogP) is 3.26. The van der Waals surface area contributed by atoms with Crippen LogP contribution in [0.25, 0.3) is 5.52 Å². The Labute approximate surface area is 160 Å². The lowest BCUT2D eigenvalue weighted by atomic mass is 9.85. The molecule has 1 aliphatic heterocycles. The van der Waals surface area contributed by atoms with Crippen molar-refractivity contribution in [1.29, 1.82) is 0 Å². The van der Waals surface area contributed by atoms with Gasteiger partial charge in [0.2, 0.25) is 6.04 Å². The van der Waals surface area contributed by atoms with E-state index < -0.39 is 6.04 Å². The highest BCUT2D eigenvalue weighted by atomic mass is 35.5. The van der Waals surface area contributed by atoms with Gasteiger partial charge in [-0.1, -0.05) is 23.7 Å². The second kappa shape index (κ2) is 7.00. The van der Waals surface area contributed by atoms with Crippen LogP contribution < -0.4 is 0 Å². The molecular weight excluding hydrogens is 368 g/mol. The largest absolute Gasteiger partial charge is 0.332 e. The molecule has 1 amide bonds. The minimum Gasteiger partial charge on any atom is -0.332 e. The zero-order chi connectivity index (χ0) is 19.0. The molecule has 1 unspecified atom stereocenters. The van der Waals surface area contributed by atoms with E-state index in [4.69, 9.17) is 11.6 Å². The summed E-state index contributed by atoms with van der Waals surface area (Å²) >= 11 is 5.93. The van der Waals surface area contributed by atoms with Gasteiger partial charge < -0.3 is 9.30 Å². The number of likely N-dealkylation sites (tertiary alicyclic amines) is 1. The molecule has 3 heterocycles. The van der Waals surface area contributed by atoms with Crippen LogP contribution in [0, 0.1) is 10.1 Å². The Balaban J connectivity index is 1.60. The zero-order valence-electron chi connectivity index (χ0n) is 14.4. The third kappa shape index (κ3) is 3.26. The van der Waals surface area contributed by atoms with Crippen LogP contribution in [0.4, 0.5) is 0 Å². The Morgan fingerprint density at radius 3 is 2.78 bits per heavy atom. The second-order valence-corrected chi connectivity index (χ2v) is 7.10. The molecular formula is C19H17ClN4O3. The molecule has 8 heteroatoms. The van der Waals surface area contributed by atoms with E-state index in [9.17, 15) is 14.9 Å². The molecule has 27 heavy (non-hydrogen) atoms. The van der Waals surface area contributed by atoms with Crippen LogP contribution in [0.5, 0.6) is 0 Å². The molecule has 2 atom stereocenters. The van der Waals surface area contributed by atoms with E-state index >= 15 is 0 Å². The number of carbonyl (C=O) groups is 1. The number of halogens is 1. The maximum atomic E-state index is 13.0. The number of rotatable bonds is 3. The average molecular weight is 385 g/mol. The molecule has 3 aromatic rings. The first-order chi connectivity index (χ1) is 13.0. The van der Waals surface area contributed by atoms with Gasteiger partial charge in [0.1, 0.15) is 0 Å². The first-order valence-electron chi connectivity index (χ1n) is 8.63. The van der Waals surface area contributed by atoms with Crippen molar-refractivity contribution in [3.05, 3.63) is 81.4 Å². The van der Waals surface area contributed by atoms with E-state index in [1.165, 1.54) is 0 Å². The van der Waals surface area contributed by atoms with E-state index in [-0.39, 0.29) is 23.3 Å². The number of hydrogen-bond donors (Lipinski definition) is 0. The summed E-state index contributed by atoms with van der Waals surface area (Å²) in [5, 5.41) is 12.3. The van der Waals surface area contributed by atoms with Crippen LogP contribution in [-0.4, -0.2) is 44.2 Å². The molecule has 1 aromatic carbocycles. The van der Waals surface area contributed by atoms with Gasteiger partial charge in [-0.05, 0) is 36.2 Å². The Morgan fingerprint density at radius 1 is 1.26 bits per heavy atom. The summed E-state index contributed by atoms with van der Waals surface area (Å²) in [5.74, 6) is -0.449. The summed E-state index contributed by atoms with van der Waals surface area (Å²) in [7, 11) is 0. The summed E-state index contributed by atoms with van der Waals surface area (Å²) in [4.78, 5) is 30.1. The van der Waals surface area contributed by atoms with E-state index in [1.54, 1.807) is 46.1 Å². The minimum atomic E-state index is -0.853. The number of nitrogens with zero attached hydrogens (tertiary/aromatic N) is 4. The Hall–Kier alpha value is -2.93. The van der Waals surface area contributed by atoms with Crippen LogP contribution in [0.15, 0.2) is 55.1 Å². The van der Waals surface area contributed by atoms with Gasteiger partial charge >= 0.3 is 0 Å². The third-order valence-electron chi connectivity index (χ3n) is 5.12. The number of pyridine rings is 1. The fraction of sp³-hybridized carbons (Fsp3) is 0.263. The van der Waals surface area contributed by atoms with Gasteiger partial charge in [-0.15, -0.1) is 0 Å². The van der Waals surface area contributed by atoms with Crippen molar-refractivity contribution in [3.63, 3.8) is 0 Å². The van der Waals surface area contributed by atoms with Crippen LogP contribution in [0.1, 0.15) is 28.3 Å². The van der Waals surface area contributed by atoms with E-state index in [2.05, 4.69) is 4.98 Å². The summed E-state index contributed by atoms with van der Waals surface area (Å²) < 4.78 is 1.76. The highest BCUT2D eigenvalue weighted by Gasteiger charge is 2.40. The normalized spacial score (nSPS) is 20.0. The minimum absolute atomic E-state index is 0.0777. The van der Waals surface area contributed by atoms with Crippen LogP contribution in [0.3, 0.4) is 0 Å². The Kier molecular flexibility index (Phi) is 4.53. The van der Waals surface area contributed by atoms with Crippen LogP contribution in [-0.2, 0) is 0 Å². The summed E-state index contributed by atoms with van der Waals surface area (Å²) in [5.41, 5.74) is 2.08. The number of carbonyl (C=O) groups excluding carboxylic acids is 1. The maximum absolute atomic E-state index is 13.0. The molecule has 138 valence electrons. The van der Waals surface area contributed by atoms with Gasteiger partial charge in [0, 0.05) is 22.7 Å². The topological polar surface area (TPSA) is 80.8 Å². The molecule has 0 N–H and O–H groups in total. The van der Waals surface area contributed by atoms with Gasteiger partial charge in [-0.25, -0.2) is 4.98 Å². The number of amides is 1. The fourth-order valence-electron chi connectivity index (χ4n) is 3.73. The van der Waals surface area contributed by atoms with Crippen molar-refractivity contribution in [1.82, 2.24) is 14.3 Å². The molecule has 0 saturated carbocycles. The molecule has 0 bridgehead atoms. The monoisotopic (exact) mass is 384 g/mol. The lowest BCUT2D eigenvalue weighted by Crippen LogP contribution is -2.49. The smallest absolute Gasteiger partial charge is 0.256 e. The number of benzene rings is 1. The van der Waals surface area contributed by atoms with Crippen LogP contribution >= 0.6 is 11.6 Å². The second-order valence-electron chi connectivity index (χ2n) is 6.66. The van der Waals surface area contributed by atoms with Crippen molar-refractivity contribution in [3.8, 4) is 0 Å². The van der Waals surface area contributed by atoms with Gasteiger partial charge in [-0.3, -0.25) is 14.9 Å². The standard InChI is InChI=1S/C19H17ClN4O3/c20-14-5-3-13(4-6-14)15-7-9-22(11-18(15)24(26)27)19(25)16-2-1-8-23-12-21-10-17(16)23/h1-6,8,10,12,15,18H,7,9,11H2/t15-,18?/m0/s1. The van der Waals surface area contributed by atoms with Crippen molar-refractivity contribution < 1.29 is 9.72 Å². The molecule has 1 saturated heterocycles. The SMILES string of the molecule is O=C(c1cccn2cncc12)N1CC[C@@H](c2ccc(Cl)cc2)C([N+](=O)[O-])C1. The number of hydrogen-bond acceptors (Lipinski definition) is 4. The highest BCUT2D eigenvalue weighted by molar-refractivity contribution is 6.30. The number of aromatic nitrogens is 2. The molecule has 0 radical (unpaired) electrons. The lowest BCUT2D eigenvalue weighted by Gasteiger charge is -2.34. The lowest BCUT2D eigenvalue weighted by molar-refractivity contribution is -0.529. The predicted molar refractivity (Wildman–Crippen MR) is 101 cm³/mol. The molecule has 2 aromatic heterocycles. The fourth-order valence-corrected chi connectivity index (χ4v) is 3.86. The average Bonchev–Trinajstić information content (AvgIpc) is 3.16. The summed E-state index contributed by atoms with van der Waals surface area (Å²) in [6.45, 7) is 0.542. The number of piperidine rings is 1. The van der Waals surface area contributed by atoms with E-state index in [0.29, 0.717) is 29.1 Å². The number of nitro groups is 1. The zero-order valence-corrected chi connectivity index (χ0v) is 15.1. The molecule has 0 spiro atoms. The molecule has 4 rings (SSSR count). The summed E-state index contributed by atoms with van der Waals surface area (Å²) in [6, 6.07) is 9.78. The molecule has 1 aliphatic rings. The van der Waals surface area contributed by atoms with Gasteiger partial charge in [-0.2, -0.15) is 0 Å². The molecule has 1 fully saturated rings. The van der Waals surface area contributed by atoms with Crippen molar-refractivity contribution in [2.45, 2.75) is 18.4 Å². The number of fused-ring (bicyclic) bond motifs is 1. The third-order valence-corrected chi connectivity index (χ3v) is 5.37. The van der Waals surface area contributed by atoms with Gasteiger partial charge in [0.25, 0.3) is 5.91 Å². The van der Waals surface area contributed by atoms with Crippen molar-refractivity contribution in [2.24, 2.45) is 0 Å². The van der Waals surface area contributed by atoms with Gasteiger partial charge in [0.05, 0.1) is 36.1 Å². The van der Waals surface area contributed by atoms with E-state index in [0.717, 1.165) is 5.56 Å². The first-order valence-corrected chi connectivity index (χ1v) is 9.01. The van der Waals surface area contributed by atoms with Gasteiger partial charge in [0.15, 0.2) is 0 Å². The Bertz CT molecular complexity index is 1000. The number of imidazole rings is 1. The maximum Gasteiger partial charge on any atom is 0.256 e. The van der Waals surface area contributed by atoms with Crippen molar-refractivity contribution in [2.75, 3.05) is 13.1 Å². The Morgan fingerprint density at radius 2 is 2.04 bits per heavy atom. The van der Waals surface area contributed by atoms with Crippen molar-refractivity contribution >= 4 is 23.0 Å². The molecule has 7 nitrogen and oxygen atoms in total. The van der Waals surface area contributed by atoms with E-state index in [1.807, 2.05) is 18.3 Å². The first kappa shape index (κ1) is 17.5. The highest BCUT2D eigenvalue weighted by Crippen LogP contribution is 2.31. The summed E-state index contributed by atoms with van der Waals surface area (Å²) in [6.07, 6.45) is 5.59. The van der Waals surface area contributed by atoms with Crippen LogP contribution in [0.2, 0.25) is 5.02 Å². The quantitative estimate of drug-likeness (QED) is 0.512.